The van der Waals surface area contributed by atoms with Gasteiger partial charge in [-0.25, -0.2) is 4.39 Å². The third-order valence-corrected chi connectivity index (χ3v) is 3.04. The summed E-state index contributed by atoms with van der Waals surface area (Å²) >= 11 is 3.16. The van der Waals surface area contributed by atoms with Gasteiger partial charge in [0.25, 0.3) is 0 Å². The fourth-order valence-electron chi connectivity index (χ4n) is 1.61. The van der Waals surface area contributed by atoms with E-state index in [0.717, 1.165) is 5.56 Å². The first kappa shape index (κ1) is 13.5. The van der Waals surface area contributed by atoms with Gasteiger partial charge in [-0.15, -0.1) is 0 Å². The molecule has 2 aromatic carbocycles. The number of hydrogen-bond acceptors (Lipinski definition) is 2. The quantitative estimate of drug-likeness (QED) is 0.851. The van der Waals surface area contributed by atoms with Crippen molar-refractivity contribution in [3.63, 3.8) is 0 Å². The number of nitrogen functional groups attached to an aromatic ring is 1. The van der Waals surface area contributed by atoms with Crippen LogP contribution in [0.5, 0.6) is 0 Å². The van der Waals surface area contributed by atoms with Gasteiger partial charge >= 0.3 is 0 Å². The Balaban J connectivity index is 2.03. The molecule has 19 heavy (non-hydrogen) atoms. The molecule has 3 N–H and O–H groups in total. The highest BCUT2D eigenvalue weighted by Crippen LogP contribution is 2.19. The van der Waals surface area contributed by atoms with Gasteiger partial charge in [-0.2, -0.15) is 0 Å². The molecule has 0 heterocycles. The normalized spacial score (nSPS) is 10.2. The lowest BCUT2D eigenvalue weighted by Crippen LogP contribution is -2.15. The molecule has 98 valence electrons. The third kappa shape index (κ3) is 3.79. The Bertz CT molecular complexity index is 599. The van der Waals surface area contributed by atoms with Crippen LogP contribution in [0.4, 0.5) is 15.8 Å². The summed E-state index contributed by atoms with van der Waals surface area (Å²) in [5.41, 5.74) is 7.20. The van der Waals surface area contributed by atoms with Crippen LogP contribution in [-0.4, -0.2) is 5.91 Å². The van der Waals surface area contributed by atoms with Crippen molar-refractivity contribution >= 4 is 33.2 Å². The number of nitrogens with one attached hydrogen (secondary N) is 1. The molecule has 1 amide bonds. The Morgan fingerprint density at radius 3 is 2.53 bits per heavy atom. The topological polar surface area (TPSA) is 55.1 Å². The molecule has 0 aliphatic rings. The molecule has 0 saturated carbocycles. The molecule has 3 nitrogen and oxygen atoms in total. The predicted molar refractivity (Wildman–Crippen MR) is 77.3 cm³/mol. The Hall–Kier alpha value is -1.88. The van der Waals surface area contributed by atoms with Crippen LogP contribution in [0.25, 0.3) is 0 Å². The Labute approximate surface area is 118 Å². The van der Waals surface area contributed by atoms with Gasteiger partial charge in [-0.3, -0.25) is 4.79 Å². The first-order valence-corrected chi connectivity index (χ1v) is 6.43. The van der Waals surface area contributed by atoms with Crippen LogP contribution in [0.1, 0.15) is 5.56 Å². The standard InChI is InChI=1S/C14H12BrFN2O/c15-10-3-6-13(12(16)8-10)18-14(19)7-9-1-4-11(17)5-2-9/h1-6,8H,7,17H2,(H,18,19). The molecule has 5 heteroatoms. The zero-order valence-electron chi connectivity index (χ0n) is 9.99. The number of hydrogen-bond donors (Lipinski definition) is 2. The molecule has 0 saturated heterocycles. The van der Waals surface area contributed by atoms with Crippen LogP contribution < -0.4 is 11.1 Å². The van der Waals surface area contributed by atoms with E-state index in [1.54, 1.807) is 30.3 Å². The van der Waals surface area contributed by atoms with Crippen LogP contribution in [-0.2, 0) is 11.2 Å². The number of carbonyl (C=O) groups is 1. The number of benzene rings is 2. The van der Waals surface area contributed by atoms with E-state index in [0.29, 0.717) is 10.2 Å². The SMILES string of the molecule is Nc1ccc(CC(=O)Nc2ccc(Br)cc2F)cc1. The number of nitrogens with two attached hydrogens (primary N) is 1. The summed E-state index contributed by atoms with van der Waals surface area (Å²) in [7, 11) is 0. The molecular formula is C14H12BrFN2O. The molecule has 0 aliphatic heterocycles. The second kappa shape index (κ2) is 5.84. The van der Waals surface area contributed by atoms with E-state index in [2.05, 4.69) is 21.2 Å². The number of rotatable bonds is 3. The highest BCUT2D eigenvalue weighted by atomic mass is 79.9. The zero-order valence-corrected chi connectivity index (χ0v) is 11.6. The maximum absolute atomic E-state index is 13.5. The Kier molecular flexibility index (Phi) is 4.16. The van der Waals surface area contributed by atoms with Crippen LogP contribution in [0.3, 0.4) is 0 Å². The van der Waals surface area contributed by atoms with Gasteiger partial charge < -0.3 is 11.1 Å². The molecular weight excluding hydrogens is 311 g/mol. The average molecular weight is 323 g/mol. The third-order valence-electron chi connectivity index (χ3n) is 2.55. The fourth-order valence-corrected chi connectivity index (χ4v) is 1.94. The van der Waals surface area contributed by atoms with Crippen molar-refractivity contribution in [2.75, 3.05) is 11.1 Å². The van der Waals surface area contributed by atoms with Crippen LogP contribution in [0.15, 0.2) is 46.9 Å². The first-order chi connectivity index (χ1) is 9.04. The first-order valence-electron chi connectivity index (χ1n) is 5.64. The van der Waals surface area contributed by atoms with Gasteiger partial charge in [0.1, 0.15) is 5.82 Å². The van der Waals surface area contributed by atoms with Gasteiger partial charge in [-0.05, 0) is 35.9 Å². The van der Waals surface area contributed by atoms with E-state index >= 15 is 0 Å². The van der Waals surface area contributed by atoms with E-state index in [1.807, 2.05) is 0 Å². The lowest BCUT2D eigenvalue weighted by Gasteiger charge is -2.07. The summed E-state index contributed by atoms with van der Waals surface area (Å²) in [6, 6.07) is 11.5. The summed E-state index contributed by atoms with van der Waals surface area (Å²) in [6.07, 6.45) is 0.176. The number of carbonyl (C=O) groups excluding carboxylic acids is 1. The number of anilines is 2. The van der Waals surface area contributed by atoms with E-state index in [9.17, 15) is 9.18 Å². The van der Waals surface area contributed by atoms with E-state index in [4.69, 9.17) is 5.73 Å². The van der Waals surface area contributed by atoms with Gasteiger partial charge in [0.05, 0.1) is 12.1 Å². The van der Waals surface area contributed by atoms with Crippen molar-refractivity contribution in [2.24, 2.45) is 0 Å². The van der Waals surface area contributed by atoms with Crippen molar-refractivity contribution in [2.45, 2.75) is 6.42 Å². The second-order valence-electron chi connectivity index (χ2n) is 4.09. The minimum absolute atomic E-state index is 0.170. The van der Waals surface area contributed by atoms with Crippen molar-refractivity contribution in [3.8, 4) is 0 Å². The van der Waals surface area contributed by atoms with Gasteiger partial charge in [0.2, 0.25) is 5.91 Å². The maximum atomic E-state index is 13.5. The molecule has 0 aromatic heterocycles. The molecule has 0 unspecified atom stereocenters. The minimum Gasteiger partial charge on any atom is -0.399 e. The average Bonchev–Trinajstić information content (AvgIpc) is 2.36. The van der Waals surface area contributed by atoms with Crippen molar-refractivity contribution in [3.05, 3.63) is 58.3 Å². The lowest BCUT2D eigenvalue weighted by atomic mass is 10.1. The Morgan fingerprint density at radius 1 is 1.21 bits per heavy atom. The van der Waals surface area contributed by atoms with Crippen LogP contribution in [0, 0.1) is 5.82 Å². The molecule has 2 rings (SSSR count). The van der Waals surface area contributed by atoms with Crippen molar-refractivity contribution < 1.29 is 9.18 Å². The summed E-state index contributed by atoms with van der Waals surface area (Å²) < 4.78 is 14.2. The molecule has 0 bridgehead atoms. The summed E-state index contributed by atoms with van der Waals surface area (Å²) in [6.45, 7) is 0. The maximum Gasteiger partial charge on any atom is 0.228 e. The van der Waals surface area contributed by atoms with Crippen molar-refractivity contribution in [1.82, 2.24) is 0 Å². The van der Waals surface area contributed by atoms with E-state index in [1.165, 1.54) is 12.1 Å². The van der Waals surface area contributed by atoms with Gasteiger partial charge in [0, 0.05) is 10.2 Å². The smallest absolute Gasteiger partial charge is 0.228 e. The highest BCUT2D eigenvalue weighted by Gasteiger charge is 2.08. The molecule has 0 aliphatic carbocycles. The van der Waals surface area contributed by atoms with E-state index in [-0.39, 0.29) is 18.0 Å². The monoisotopic (exact) mass is 322 g/mol. The minimum atomic E-state index is -0.472. The summed E-state index contributed by atoms with van der Waals surface area (Å²) in [4.78, 5) is 11.8. The summed E-state index contributed by atoms with van der Waals surface area (Å²) in [5, 5.41) is 2.53. The molecule has 2 aromatic rings. The number of halogens is 2. The largest absolute Gasteiger partial charge is 0.399 e. The zero-order chi connectivity index (χ0) is 13.8. The fraction of sp³-hybridized carbons (Fsp3) is 0.0714. The molecule has 0 radical (unpaired) electrons. The molecule has 0 spiro atoms. The van der Waals surface area contributed by atoms with Crippen LogP contribution >= 0.6 is 15.9 Å². The lowest BCUT2D eigenvalue weighted by molar-refractivity contribution is -0.115. The van der Waals surface area contributed by atoms with Gasteiger partial charge in [-0.1, -0.05) is 28.1 Å². The number of amides is 1. The van der Waals surface area contributed by atoms with E-state index < -0.39 is 5.82 Å². The predicted octanol–water partition coefficient (Wildman–Crippen LogP) is 3.35. The Morgan fingerprint density at radius 2 is 1.89 bits per heavy atom. The molecule has 0 fully saturated rings. The second-order valence-corrected chi connectivity index (χ2v) is 5.01. The molecule has 0 atom stereocenters. The van der Waals surface area contributed by atoms with Crippen LogP contribution in [0.2, 0.25) is 0 Å². The van der Waals surface area contributed by atoms with Gasteiger partial charge in [0.15, 0.2) is 0 Å². The summed E-state index contributed by atoms with van der Waals surface area (Å²) in [5.74, 6) is -0.744. The highest BCUT2D eigenvalue weighted by molar-refractivity contribution is 9.10. The van der Waals surface area contributed by atoms with Crippen molar-refractivity contribution in [1.29, 1.82) is 0 Å².